The van der Waals surface area contributed by atoms with Gasteiger partial charge in [0.25, 0.3) is 5.69 Å². The Balaban J connectivity index is 2.42. The lowest BCUT2D eigenvalue weighted by molar-refractivity contribution is -0.384. The van der Waals surface area contributed by atoms with E-state index in [4.69, 9.17) is 16.7 Å². The van der Waals surface area contributed by atoms with Crippen LogP contribution in [0.2, 0.25) is 0 Å². The van der Waals surface area contributed by atoms with Crippen molar-refractivity contribution < 1.29 is 4.92 Å². The van der Waals surface area contributed by atoms with Crippen LogP contribution in [0.4, 0.5) is 17.2 Å². The molecule has 2 rings (SSSR count). The molecule has 0 saturated carbocycles. The van der Waals surface area contributed by atoms with Crippen molar-refractivity contribution in [2.75, 3.05) is 11.5 Å². The molecule has 0 aliphatic heterocycles. The molecule has 0 amide bonds. The summed E-state index contributed by atoms with van der Waals surface area (Å²) in [5.41, 5.74) is 11.5. The molecule has 0 fully saturated rings. The SMILES string of the molecule is N#Cc1cc([N+](=O)[O-])ccc1Sc1ncnc(N)c1N. The number of nitrogens with two attached hydrogens (primary N) is 2. The van der Waals surface area contributed by atoms with Gasteiger partial charge < -0.3 is 11.5 Å². The number of nitro groups is 1. The van der Waals surface area contributed by atoms with Crippen molar-refractivity contribution >= 4 is 29.0 Å². The number of non-ortho nitro benzene ring substituents is 1. The highest BCUT2D eigenvalue weighted by atomic mass is 32.2. The Kier molecular flexibility index (Phi) is 3.67. The zero-order valence-electron chi connectivity index (χ0n) is 9.98. The molecule has 20 heavy (non-hydrogen) atoms. The summed E-state index contributed by atoms with van der Waals surface area (Å²) in [5, 5.41) is 20.1. The van der Waals surface area contributed by atoms with Gasteiger partial charge in [-0.3, -0.25) is 10.1 Å². The molecule has 1 aromatic heterocycles. The minimum Gasteiger partial charge on any atom is -0.394 e. The molecular weight excluding hydrogens is 280 g/mol. The smallest absolute Gasteiger partial charge is 0.270 e. The van der Waals surface area contributed by atoms with Crippen LogP contribution in [-0.4, -0.2) is 14.9 Å². The van der Waals surface area contributed by atoms with Crippen LogP contribution in [0.15, 0.2) is 34.4 Å². The Bertz CT molecular complexity index is 727. The molecule has 0 spiro atoms. The van der Waals surface area contributed by atoms with Crippen LogP contribution in [-0.2, 0) is 0 Å². The van der Waals surface area contributed by atoms with Crippen molar-refractivity contribution in [3.8, 4) is 6.07 Å². The number of hydrogen-bond acceptors (Lipinski definition) is 8. The zero-order chi connectivity index (χ0) is 14.7. The average Bonchev–Trinajstić information content (AvgIpc) is 2.44. The van der Waals surface area contributed by atoms with Crippen LogP contribution in [0.5, 0.6) is 0 Å². The molecule has 1 heterocycles. The van der Waals surface area contributed by atoms with Gasteiger partial charge in [-0.2, -0.15) is 5.26 Å². The normalized spacial score (nSPS) is 9.95. The first-order valence-electron chi connectivity index (χ1n) is 5.25. The Labute approximate surface area is 117 Å². The molecule has 0 aliphatic carbocycles. The molecule has 0 unspecified atom stereocenters. The van der Waals surface area contributed by atoms with Gasteiger partial charge in [0.2, 0.25) is 0 Å². The maximum Gasteiger partial charge on any atom is 0.270 e. The first-order valence-corrected chi connectivity index (χ1v) is 6.07. The van der Waals surface area contributed by atoms with Crippen LogP contribution in [0.1, 0.15) is 5.56 Å². The first-order chi connectivity index (χ1) is 9.52. The Morgan fingerprint density at radius 1 is 1.35 bits per heavy atom. The fourth-order valence-electron chi connectivity index (χ4n) is 1.39. The van der Waals surface area contributed by atoms with Crippen LogP contribution in [0.3, 0.4) is 0 Å². The summed E-state index contributed by atoms with van der Waals surface area (Å²) < 4.78 is 0. The molecule has 0 saturated heterocycles. The van der Waals surface area contributed by atoms with E-state index in [1.165, 1.54) is 24.5 Å². The van der Waals surface area contributed by atoms with E-state index in [-0.39, 0.29) is 22.8 Å². The minimum atomic E-state index is -0.563. The molecule has 0 atom stereocenters. The summed E-state index contributed by atoms with van der Waals surface area (Å²) in [6, 6.07) is 5.88. The van der Waals surface area contributed by atoms with Gasteiger partial charge in [-0.05, 0) is 6.07 Å². The Hall–Kier alpha value is -2.86. The molecule has 9 heteroatoms. The van der Waals surface area contributed by atoms with Crippen LogP contribution >= 0.6 is 11.8 Å². The summed E-state index contributed by atoms with van der Waals surface area (Å²) in [5.74, 6) is 0.142. The largest absolute Gasteiger partial charge is 0.394 e. The highest BCUT2D eigenvalue weighted by molar-refractivity contribution is 7.99. The van der Waals surface area contributed by atoms with Gasteiger partial charge in [0, 0.05) is 17.0 Å². The molecule has 1 aromatic carbocycles. The summed E-state index contributed by atoms with van der Waals surface area (Å²) >= 11 is 1.10. The Morgan fingerprint density at radius 3 is 2.75 bits per heavy atom. The predicted molar refractivity (Wildman–Crippen MR) is 72.8 cm³/mol. The van der Waals surface area contributed by atoms with Gasteiger partial charge in [0.1, 0.15) is 23.1 Å². The number of nitrogen functional groups attached to an aromatic ring is 2. The van der Waals surface area contributed by atoms with E-state index >= 15 is 0 Å². The highest BCUT2D eigenvalue weighted by Crippen LogP contribution is 2.35. The molecule has 0 bridgehead atoms. The van der Waals surface area contributed by atoms with E-state index in [1.54, 1.807) is 0 Å². The van der Waals surface area contributed by atoms with Gasteiger partial charge in [0.05, 0.1) is 10.5 Å². The average molecular weight is 288 g/mol. The fourth-order valence-corrected chi connectivity index (χ4v) is 2.26. The van der Waals surface area contributed by atoms with E-state index in [0.717, 1.165) is 11.8 Å². The molecule has 100 valence electrons. The molecule has 8 nitrogen and oxygen atoms in total. The van der Waals surface area contributed by atoms with Gasteiger partial charge >= 0.3 is 0 Å². The summed E-state index contributed by atoms with van der Waals surface area (Å²) in [7, 11) is 0. The second-order valence-electron chi connectivity index (χ2n) is 3.63. The number of anilines is 2. The van der Waals surface area contributed by atoms with Gasteiger partial charge in [-0.25, -0.2) is 9.97 Å². The Morgan fingerprint density at radius 2 is 2.10 bits per heavy atom. The van der Waals surface area contributed by atoms with Crippen LogP contribution in [0.25, 0.3) is 0 Å². The molecular formula is C11H8N6O2S. The monoisotopic (exact) mass is 288 g/mol. The molecule has 4 N–H and O–H groups in total. The standard InChI is InChI=1S/C11H8N6O2S/c12-4-6-3-7(17(18)19)1-2-8(6)20-11-9(13)10(14)15-5-16-11/h1-3,5H,13H2,(H2,14,15,16). The van der Waals surface area contributed by atoms with E-state index in [0.29, 0.717) is 9.92 Å². The van der Waals surface area contributed by atoms with Crippen molar-refractivity contribution in [3.05, 3.63) is 40.2 Å². The molecule has 0 radical (unpaired) electrons. The number of nitriles is 1. The number of aromatic nitrogens is 2. The first kappa shape index (κ1) is 13.6. The zero-order valence-corrected chi connectivity index (χ0v) is 10.8. The predicted octanol–water partition coefficient (Wildman–Crippen LogP) is 1.57. The molecule has 2 aromatic rings. The third-order valence-corrected chi connectivity index (χ3v) is 3.47. The molecule has 0 aliphatic rings. The second-order valence-corrected chi connectivity index (χ2v) is 4.66. The lowest BCUT2D eigenvalue weighted by atomic mass is 10.2. The van der Waals surface area contributed by atoms with Crippen LogP contribution < -0.4 is 11.5 Å². The topological polar surface area (TPSA) is 145 Å². The maximum atomic E-state index is 10.7. The lowest BCUT2D eigenvalue weighted by Crippen LogP contribution is -2.01. The number of nitro benzene ring substituents is 1. The number of nitrogens with zero attached hydrogens (tertiary/aromatic N) is 4. The third-order valence-electron chi connectivity index (χ3n) is 2.38. The van der Waals surface area contributed by atoms with E-state index in [9.17, 15) is 10.1 Å². The fraction of sp³-hybridized carbons (Fsp3) is 0. The van der Waals surface area contributed by atoms with E-state index in [2.05, 4.69) is 9.97 Å². The number of rotatable bonds is 3. The van der Waals surface area contributed by atoms with Crippen molar-refractivity contribution in [2.24, 2.45) is 0 Å². The van der Waals surface area contributed by atoms with Crippen molar-refractivity contribution in [1.82, 2.24) is 9.97 Å². The number of hydrogen-bond donors (Lipinski definition) is 2. The second kappa shape index (κ2) is 5.41. The minimum absolute atomic E-state index is 0.142. The number of benzene rings is 1. The quantitative estimate of drug-likeness (QED) is 0.491. The highest BCUT2D eigenvalue weighted by Gasteiger charge is 2.14. The summed E-state index contributed by atoms with van der Waals surface area (Å²) in [4.78, 5) is 18.3. The third kappa shape index (κ3) is 2.60. The van der Waals surface area contributed by atoms with Crippen molar-refractivity contribution in [3.63, 3.8) is 0 Å². The summed E-state index contributed by atoms with van der Waals surface area (Å²) in [6.07, 6.45) is 1.26. The van der Waals surface area contributed by atoms with Crippen molar-refractivity contribution in [1.29, 1.82) is 5.26 Å². The van der Waals surface area contributed by atoms with E-state index in [1.807, 2.05) is 6.07 Å². The van der Waals surface area contributed by atoms with Gasteiger partial charge in [-0.15, -0.1) is 0 Å². The van der Waals surface area contributed by atoms with Crippen molar-refractivity contribution in [2.45, 2.75) is 9.92 Å². The van der Waals surface area contributed by atoms with Gasteiger partial charge in [-0.1, -0.05) is 11.8 Å². The van der Waals surface area contributed by atoms with Crippen LogP contribution in [0, 0.1) is 21.4 Å². The van der Waals surface area contributed by atoms with E-state index < -0.39 is 4.92 Å². The lowest BCUT2D eigenvalue weighted by Gasteiger charge is -2.06. The van der Waals surface area contributed by atoms with Gasteiger partial charge in [0.15, 0.2) is 5.82 Å². The maximum absolute atomic E-state index is 10.7. The summed E-state index contributed by atoms with van der Waals surface area (Å²) in [6.45, 7) is 0.